The number of rotatable bonds is 8. The summed E-state index contributed by atoms with van der Waals surface area (Å²) in [5.41, 5.74) is 7.06. The van der Waals surface area contributed by atoms with Crippen molar-refractivity contribution in [3.63, 3.8) is 0 Å². The fourth-order valence-corrected chi connectivity index (χ4v) is 3.89. The Balaban J connectivity index is 1.79. The van der Waals surface area contributed by atoms with E-state index < -0.39 is 17.7 Å². The predicted octanol–water partition coefficient (Wildman–Crippen LogP) is 6.30. The molecule has 0 aliphatic carbocycles. The number of nitrogens with two attached hydrogens (primary N) is 1. The number of nitrogen functional groups attached to an aromatic ring is 1. The maximum Gasteiger partial charge on any atom is 0.416 e. The lowest BCUT2D eigenvalue weighted by Gasteiger charge is -2.12. The van der Waals surface area contributed by atoms with E-state index in [9.17, 15) is 18.0 Å². The molecule has 0 atom stereocenters. The number of esters is 1. The Kier molecular flexibility index (Phi) is 6.72. The van der Waals surface area contributed by atoms with E-state index in [4.69, 9.17) is 10.5 Å². The molecule has 0 fully saturated rings. The van der Waals surface area contributed by atoms with Crippen molar-refractivity contribution in [3.05, 3.63) is 59.7 Å². The molecule has 0 aliphatic heterocycles. The van der Waals surface area contributed by atoms with E-state index in [0.717, 1.165) is 37.8 Å². The Hall–Kier alpha value is -3.62. The molecular formula is C25H25F3N4O2. The normalized spacial score (nSPS) is 11.9. The van der Waals surface area contributed by atoms with Crippen LogP contribution in [0, 0.1) is 0 Å². The van der Waals surface area contributed by atoms with Crippen molar-refractivity contribution >= 4 is 34.0 Å². The third-order valence-electron chi connectivity index (χ3n) is 5.61. The SMILES string of the molecule is CCCCCCCOC(=O)c1c(N)n(-c2cccc(C(F)(F)F)c2)c2nc3ccccc3nc12. The minimum absolute atomic E-state index is 0.000719. The van der Waals surface area contributed by atoms with Gasteiger partial charge in [-0.1, -0.05) is 50.8 Å². The van der Waals surface area contributed by atoms with Crippen LogP contribution in [-0.2, 0) is 10.9 Å². The molecule has 0 spiro atoms. The molecule has 4 aromatic rings. The lowest BCUT2D eigenvalue weighted by molar-refractivity contribution is -0.137. The molecule has 0 saturated carbocycles. The zero-order chi connectivity index (χ0) is 24.3. The van der Waals surface area contributed by atoms with Crippen LogP contribution < -0.4 is 5.73 Å². The molecule has 0 radical (unpaired) electrons. The first-order valence-corrected chi connectivity index (χ1v) is 11.2. The van der Waals surface area contributed by atoms with Crippen LogP contribution in [0.15, 0.2) is 48.5 Å². The topological polar surface area (TPSA) is 83.0 Å². The number of carbonyl (C=O) groups is 1. The zero-order valence-corrected chi connectivity index (χ0v) is 18.7. The smallest absolute Gasteiger partial charge is 0.416 e. The van der Waals surface area contributed by atoms with Crippen molar-refractivity contribution < 1.29 is 22.7 Å². The van der Waals surface area contributed by atoms with Gasteiger partial charge < -0.3 is 10.5 Å². The molecule has 6 nitrogen and oxygen atoms in total. The summed E-state index contributed by atoms with van der Waals surface area (Å²) in [4.78, 5) is 22.1. The van der Waals surface area contributed by atoms with Crippen LogP contribution in [0.2, 0.25) is 0 Å². The van der Waals surface area contributed by atoms with Gasteiger partial charge in [0.1, 0.15) is 16.9 Å². The third kappa shape index (κ3) is 4.69. The van der Waals surface area contributed by atoms with Crippen molar-refractivity contribution in [1.82, 2.24) is 14.5 Å². The van der Waals surface area contributed by atoms with Crippen LogP contribution in [0.4, 0.5) is 19.0 Å². The fourth-order valence-electron chi connectivity index (χ4n) is 3.89. The molecule has 0 amide bonds. The highest BCUT2D eigenvalue weighted by molar-refractivity contribution is 6.09. The summed E-state index contributed by atoms with van der Waals surface area (Å²) in [5.74, 6) is -0.742. The summed E-state index contributed by atoms with van der Waals surface area (Å²) >= 11 is 0. The molecule has 0 saturated heterocycles. The van der Waals surface area contributed by atoms with Gasteiger partial charge in [-0.15, -0.1) is 0 Å². The first-order valence-electron chi connectivity index (χ1n) is 11.2. The maximum absolute atomic E-state index is 13.3. The monoisotopic (exact) mass is 470 g/mol. The van der Waals surface area contributed by atoms with E-state index in [-0.39, 0.29) is 34.8 Å². The van der Waals surface area contributed by atoms with Gasteiger partial charge >= 0.3 is 12.1 Å². The van der Waals surface area contributed by atoms with Gasteiger partial charge in [0.15, 0.2) is 5.65 Å². The average molecular weight is 470 g/mol. The first-order chi connectivity index (χ1) is 16.3. The van der Waals surface area contributed by atoms with Crippen molar-refractivity contribution in [2.45, 2.75) is 45.2 Å². The molecule has 178 valence electrons. The molecule has 2 aromatic carbocycles. The maximum atomic E-state index is 13.3. The number of para-hydroxylation sites is 2. The van der Waals surface area contributed by atoms with Crippen LogP contribution in [0.5, 0.6) is 0 Å². The van der Waals surface area contributed by atoms with Crippen molar-refractivity contribution in [3.8, 4) is 5.69 Å². The number of unbranched alkanes of at least 4 members (excludes halogenated alkanes) is 4. The van der Waals surface area contributed by atoms with Gasteiger partial charge in [-0.25, -0.2) is 14.8 Å². The number of hydrogen-bond acceptors (Lipinski definition) is 5. The summed E-state index contributed by atoms with van der Waals surface area (Å²) in [7, 11) is 0. The van der Waals surface area contributed by atoms with Gasteiger partial charge in [-0.3, -0.25) is 4.57 Å². The number of nitrogens with zero attached hydrogens (tertiary/aromatic N) is 3. The zero-order valence-electron chi connectivity index (χ0n) is 18.7. The van der Waals surface area contributed by atoms with E-state index >= 15 is 0 Å². The lowest BCUT2D eigenvalue weighted by atomic mass is 10.2. The molecule has 34 heavy (non-hydrogen) atoms. The number of ether oxygens (including phenoxy) is 1. The predicted molar refractivity (Wildman–Crippen MR) is 125 cm³/mol. The second-order valence-electron chi connectivity index (χ2n) is 8.08. The highest BCUT2D eigenvalue weighted by Crippen LogP contribution is 2.34. The summed E-state index contributed by atoms with van der Waals surface area (Å²) < 4.78 is 46.8. The van der Waals surface area contributed by atoms with Gasteiger partial charge in [0, 0.05) is 5.69 Å². The molecule has 0 bridgehead atoms. The van der Waals surface area contributed by atoms with Crippen molar-refractivity contribution in [2.75, 3.05) is 12.3 Å². The minimum atomic E-state index is -4.54. The van der Waals surface area contributed by atoms with Crippen LogP contribution in [0.3, 0.4) is 0 Å². The third-order valence-corrected chi connectivity index (χ3v) is 5.61. The number of benzene rings is 2. The van der Waals surface area contributed by atoms with Gasteiger partial charge in [0.25, 0.3) is 0 Å². The van der Waals surface area contributed by atoms with Gasteiger partial charge in [-0.05, 0) is 36.8 Å². The van der Waals surface area contributed by atoms with E-state index in [0.29, 0.717) is 17.5 Å². The molecule has 0 aliphatic rings. The standard InChI is InChI=1S/C25H25F3N4O2/c1-2-3-4-5-8-14-34-24(33)20-21-23(31-19-13-7-6-12-18(19)30-21)32(22(20)29)17-11-9-10-16(15-17)25(26,27)28/h6-7,9-13,15H,2-5,8,14,29H2,1H3. The molecule has 2 aromatic heterocycles. The van der Waals surface area contributed by atoms with Gasteiger partial charge in [-0.2, -0.15) is 13.2 Å². The summed E-state index contributed by atoms with van der Waals surface area (Å²) in [5, 5.41) is 0. The van der Waals surface area contributed by atoms with Crippen molar-refractivity contribution in [1.29, 1.82) is 0 Å². The number of halogens is 3. The highest BCUT2D eigenvalue weighted by atomic mass is 19.4. The van der Waals surface area contributed by atoms with Crippen LogP contribution in [0.25, 0.3) is 27.9 Å². The number of anilines is 1. The van der Waals surface area contributed by atoms with Gasteiger partial charge in [0.2, 0.25) is 0 Å². The lowest BCUT2D eigenvalue weighted by Crippen LogP contribution is -2.11. The van der Waals surface area contributed by atoms with Crippen LogP contribution in [-0.4, -0.2) is 27.1 Å². The Morgan fingerprint density at radius 2 is 1.71 bits per heavy atom. The number of hydrogen-bond donors (Lipinski definition) is 1. The minimum Gasteiger partial charge on any atom is -0.462 e. The first kappa shape index (κ1) is 23.5. The summed E-state index contributed by atoms with van der Waals surface area (Å²) in [6, 6.07) is 11.7. The highest BCUT2D eigenvalue weighted by Gasteiger charge is 2.32. The van der Waals surface area contributed by atoms with E-state index in [1.165, 1.54) is 16.7 Å². The Bertz CT molecular complexity index is 1330. The number of aromatic nitrogens is 3. The van der Waals surface area contributed by atoms with Crippen molar-refractivity contribution in [2.24, 2.45) is 0 Å². The van der Waals surface area contributed by atoms with E-state index in [2.05, 4.69) is 16.9 Å². The molecule has 4 rings (SSSR count). The quantitative estimate of drug-likeness (QED) is 0.241. The van der Waals surface area contributed by atoms with Gasteiger partial charge in [0.05, 0.1) is 23.2 Å². The number of carbonyl (C=O) groups excluding carboxylic acids is 1. The molecule has 2 N–H and O–H groups in total. The molecule has 2 heterocycles. The Morgan fingerprint density at radius 3 is 2.41 bits per heavy atom. The summed E-state index contributed by atoms with van der Waals surface area (Å²) in [6.07, 6.45) is 0.403. The average Bonchev–Trinajstić information content (AvgIpc) is 3.09. The number of alkyl halides is 3. The number of fused-ring (bicyclic) bond motifs is 2. The second kappa shape index (κ2) is 9.70. The van der Waals surface area contributed by atoms with E-state index in [1.54, 1.807) is 24.3 Å². The fraction of sp³-hybridized carbons (Fsp3) is 0.320. The summed E-state index contributed by atoms with van der Waals surface area (Å²) in [6.45, 7) is 2.34. The molecule has 0 unspecified atom stereocenters. The largest absolute Gasteiger partial charge is 0.462 e. The Labute approximate surface area is 194 Å². The van der Waals surface area contributed by atoms with Crippen LogP contribution in [0.1, 0.15) is 54.9 Å². The van der Waals surface area contributed by atoms with E-state index in [1.807, 2.05) is 0 Å². The molecule has 9 heteroatoms. The van der Waals surface area contributed by atoms with Crippen LogP contribution >= 0.6 is 0 Å². The Morgan fingerprint density at radius 1 is 1.00 bits per heavy atom. The second-order valence-corrected chi connectivity index (χ2v) is 8.08. The molecular weight excluding hydrogens is 445 g/mol.